The predicted octanol–water partition coefficient (Wildman–Crippen LogP) is 2.19. The van der Waals surface area contributed by atoms with Crippen LogP contribution in [0.1, 0.15) is 22.5 Å². The highest BCUT2D eigenvalue weighted by atomic mass is 16.5. The van der Waals surface area contributed by atoms with Crippen LogP contribution in [0.25, 0.3) is 0 Å². The molecule has 22 heavy (non-hydrogen) atoms. The molecule has 1 aliphatic heterocycles. The molecule has 5 nitrogen and oxygen atoms in total. The maximum atomic E-state index is 12.5. The van der Waals surface area contributed by atoms with Crippen LogP contribution in [0.3, 0.4) is 0 Å². The summed E-state index contributed by atoms with van der Waals surface area (Å²) in [5.41, 5.74) is 1.72. The number of benzene rings is 1. The third-order valence-corrected chi connectivity index (χ3v) is 3.80. The molecule has 1 N–H and O–H groups in total. The summed E-state index contributed by atoms with van der Waals surface area (Å²) in [5.74, 6) is 0.485. The molecule has 5 heteroatoms. The fourth-order valence-corrected chi connectivity index (χ4v) is 2.68. The van der Waals surface area contributed by atoms with E-state index in [1.807, 2.05) is 24.7 Å². The number of carbonyl (C=O) groups is 1. The fraction of sp³-hybridized carbons (Fsp3) is 0.294. The van der Waals surface area contributed by atoms with Crippen molar-refractivity contribution in [2.24, 2.45) is 0 Å². The van der Waals surface area contributed by atoms with Crippen molar-refractivity contribution in [2.45, 2.75) is 25.4 Å². The highest BCUT2D eigenvalue weighted by Gasteiger charge is 2.22. The lowest BCUT2D eigenvalue weighted by molar-refractivity contribution is 0.0927. The number of imidazole rings is 1. The van der Waals surface area contributed by atoms with E-state index in [4.69, 9.17) is 4.74 Å². The summed E-state index contributed by atoms with van der Waals surface area (Å²) in [6.07, 6.45) is 7.08. The minimum atomic E-state index is -0.0994. The predicted molar refractivity (Wildman–Crippen MR) is 83.9 cm³/mol. The molecule has 1 aliphatic rings. The van der Waals surface area contributed by atoms with Crippen LogP contribution in [0, 0.1) is 0 Å². The van der Waals surface area contributed by atoms with Gasteiger partial charge in [0, 0.05) is 30.9 Å². The maximum absolute atomic E-state index is 12.5. The molecule has 0 fully saturated rings. The molecule has 1 amide bonds. The second-order valence-electron chi connectivity index (χ2n) is 5.34. The van der Waals surface area contributed by atoms with Crippen molar-refractivity contribution in [1.29, 1.82) is 0 Å². The first kappa shape index (κ1) is 14.4. The summed E-state index contributed by atoms with van der Waals surface area (Å²) < 4.78 is 7.68. The van der Waals surface area contributed by atoms with Crippen LogP contribution in [0.2, 0.25) is 0 Å². The SMILES string of the molecule is C=CCOc1ccccc1C(=O)NC1CCn2cncc2C1. The topological polar surface area (TPSA) is 56.1 Å². The summed E-state index contributed by atoms with van der Waals surface area (Å²) in [6.45, 7) is 4.89. The van der Waals surface area contributed by atoms with Gasteiger partial charge in [-0.25, -0.2) is 4.98 Å². The number of nitrogens with zero attached hydrogens (tertiary/aromatic N) is 2. The van der Waals surface area contributed by atoms with Gasteiger partial charge in [-0.1, -0.05) is 24.8 Å². The molecule has 1 atom stereocenters. The second kappa shape index (κ2) is 6.47. The number of ether oxygens (including phenoxy) is 1. The molecule has 114 valence electrons. The van der Waals surface area contributed by atoms with Gasteiger partial charge in [-0.15, -0.1) is 0 Å². The summed E-state index contributed by atoms with van der Waals surface area (Å²) in [5, 5.41) is 3.10. The number of hydrogen-bond donors (Lipinski definition) is 1. The molecule has 0 bridgehead atoms. The van der Waals surface area contributed by atoms with Crippen LogP contribution < -0.4 is 10.1 Å². The van der Waals surface area contributed by atoms with Crippen molar-refractivity contribution >= 4 is 5.91 Å². The van der Waals surface area contributed by atoms with E-state index >= 15 is 0 Å². The van der Waals surface area contributed by atoms with E-state index in [1.165, 1.54) is 0 Å². The summed E-state index contributed by atoms with van der Waals surface area (Å²) in [4.78, 5) is 16.7. The van der Waals surface area contributed by atoms with Crippen LogP contribution in [0.5, 0.6) is 5.75 Å². The quantitative estimate of drug-likeness (QED) is 0.861. The molecular weight excluding hydrogens is 278 g/mol. The van der Waals surface area contributed by atoms with Gasteiger partial charge in [-0.05, 0) is 18.6 Å². The molecule has 2 heterocycles. The molecule has 0 saturated heterocycles. The van der Waals surface area contributed by atoms with E-state index in [0.29, 0.717) is 17.9 Å². The molecule has 0 aliphatic carbocycles. The van der Waals surface area contributed by atoms with Crippen LogP contribution in [0.15, 0.2) is 49.4 Å². The zero-order chi connectivity index (χ0) is 15.4. The number of nitrogens with one attached hydrogen (secondary N) is 1. The number of amides is 1. The average Bonchev–Trinajstić information content (AvgIpc) is 3.00. The number of aromatic nitrogens is 2. The largest absolute Gasteiger partial charge is 0.489 e. The second-order valence-corrected chi connectivity index (χ2v) is 5.34. The fourth-order valence-electron chi connectivity index (χ4n) is 2.68. The van der Waals surface area contributed by atoms with Crippen LogP contribution in [-0.2, 0) is 13.0 Å². The first-order valence-electron chi connectivity index (χ1n) is 7.40. The number of rotatable bonds is 5. The van der Waals surface area contributed by atoms with E-state index in [1.54, 1.807) is 18.2 Å². The van der Waals surface area contributed by atoms with Gasteiger partial charge < -0.3 is 14.6 Å². The van der Waals surface area contributed by atoms with E-state index in [9.17, 15) is 4.79 Å². The average molecular weight is 297 g/mol. The Bertz CT molecular complexity index is 678. The summed E-state index contributed by atoms with van der Waals surface area (Å²) in [6, 6.07) is 7.40. The van der Waals surface area contributed by atoms with Crippen molar-refractivity contribution in [3.05, 3.63) is 60.7 Å². The van der Waals surface area contributed by atoms with Gasteiger partial charge in [-0.3, -0.25) is 4.79 Å². The lowest BCUT2D eigenvalue weighted by Gasteiger charge is -2.25. The van der Waals surface area contributed by atoms with E-state index in [0.717, 1.165) is 25.1 Å². The van der Waals surface area contributed by atoms with Crippen molar-refractivity contribution < 1.29 is 9.53 Å². The van der Waals surface area contributed by atoms with Crippen LogP contribution >= 0.6 is 0 Å². The number of aryl methyl sites for hydroxylation is 1. The molecule has 1 aromatic carbocycles. The Kier molecular flexibility index (Phi) is 4.23. The van der Waals surface area contributed by atoms with Crippen molar-refractivity contribution in [1.82, 2.24) is 14.9 Å². The molecule has 1 unspecified atom stereocenters. The Morgan fingerprint density at radius 1 is 1.50 bits per heavy atom. The van der Waals surface area contributed by atoms with E-state index < -0.39 is 0 Å². The Labute approximate surface area is 129 Å². The van der Waals surface area contributed by atoms with Gasteiger partial charge in [-0.2, -0.15) is 0 Å². The molecule has 2 aromatic rings. The third kappa shape index (κ3) is 3.03. The van der Waals surface area contributed by atoms with Gasteiger partial charge in [0.2, 0.25) is 0 Å². The minimum absolute atomic E-state index is 0.0994. The molecule has 0 spiro atoms. The lowest BCUT2D eigenvalue weighted by atomic mass is 10.0. The Morgan fingerprint density at radius 2 is 2.36 bits per heavy atom. The van der Waals surface area contributed by atoms with Crippen molar-refractivity contribution in [3.8, 4) is 5.75 Å². The first-order chi connectivity index (χ1) is 10.8. The zero-order valence-corrected chi connectivity index (χ0v) is 12.4. The highest BCUT2D eigenvalue weighted by Crippen LogP contribution is 2.20. The van der Waals surface area contributed by atoms with Crippen LogP contribution in [-0.4, -0.2) is 28.1 Å². The zero-order valence-electron chi connectivity index (χ0n) is 12.4. The molecule has 1 aromatic heterocycles. The van der Waals surface area contributed by atoms with Gasteiger partial charge in [0.15, 0.2) is 0 Å². The van der Waals surface area contributed by atoms with Gasteiger partial charge >= 0.3 is 0 Å². The van der Waals surface area contributed by atoms with E-state index in [-0.39, 0.29) is 11.9 Å². The van der Waals surface area contributed by atoms with Gasteiger partial charge in [0.1, 0.15) is 12.4 Å². The minimum Gasteiger partial charge on any atom is -0.489 e. The van der Waals surface area contributed by atoms with Crippen molar-refractivity contribution in [2.75, 3.05) is 6.61 Å². The smallest absolute Gasteiger partial charge is 0.255 e. The molecule has 0 saturated carbocycles. The Hall–Kier alpha value is -2.56. The summed E-state index contributed by atoms with van der Waals surface area (Å²) in [7, 11) is 0. The Balaban J connectivity index is 1.69. The first-order valence-corrected chi connectivity index (χ1v) is 7.40. The standard InChI is InChI=1S/C17H19N3O2/c1-2-9-22-16-6-4-3-5-15(16)17(21)19-13-7-8-20-12-18-11-14(20)10-13/h2-6,11-13H,1,7-10H2,(H,19,21). The number of para-hydroxylation sites is 1. The third-order valence-electron chi connectivity index (χ3n) is 3.80. The molecular formula is C17H19N3O2. The van der Waals surface area contributed by atoms with Crippen LogP contribution in [0.4, 0.5) is 0 Å². The van der Waals surface area contributed by atoms with Gasteiger partial charge in [0.25, 0.3) is 5.91 Å². The summed E-state index contributed by atoms with van der Waals surface area (Å²) >= 11 is 0. The number of fused-ring (bicyclic) bond motifs is 1. The molecule has 0 radical (unpaired) electrons. The number of hydrogen-bond acceptors (Lipinski definition) is 3. The Morgan fingerprint density at radius 3 is 3.23 bits per heavy atom. The maximum Gasteiger partial charge on any atom is 0.255 e. The van der Waals surface area contributed by atoms with E-state index in [2.05, 4.69) is 21.4 Å². The number of carbonyl (C=O) groups excluding carboxylic acids is 1. The normalized spacial score (nSPS) is 16.6. The van der Waals surface area contributed by atoms with Crippen molar-refractivity contribution in [3.63, 3.8) is 0 Å². The highest BCUT2D eigenvalue weighted by molar-refractivity contribution is 5.97. The molecule has 3 rings (SSSR count). The lowest BCUT2D eigenvalue weighted by Crippen LogP contribution is -2.40. The monoisotopic (exact) mass is 297 g/mol. The van der Waals surface area contributed by atoms with Gasteiger partial charge in [0.05, 0.1) is 11.9 Å².